The van der Waals surface area contributed by atoms with Gasteiger partial charge in [-0.2, -0.15) is 13.2 Å². The molecule has 0 saturated heterocycles. The summed E-state index contributed by atoms with van der Waals surface area (Å²) in [7, 11) is 1.59. The Labute approximate surface area is 155 Å². The van der Waals surface area contributed by atoms with Crippen LogP contribution in [0.25, 0.3) is 11.0 Å². The van der Waals surface area contributed by atoms with E-state index in [1.54, 1.807) is 19.2 Å². The second-order valence-corrected chi connectivity index (χ2v) is 6.69. The molecule has 0 saturated carbocycles. The van der Waals surface area contributed by atoms with Crippen LogP contribution in [-0.2, 0) is 24.1 Å². The highest BCUT2D eigenvalue weighted by Crippen LogP contribution is 2.31. The van der Waals surface area contributed by atoms with Crippen LogP contribution in [-0.4, -0.2) is 27.4 Å². The lowest BCUT2D eigenvalue weighted by atomic mass is 10.1. The first-order chi connectivity index (χ1) is 12.7. The fraction of sp³-hybridized carbons (Fsp3) is 0.300. The van der Waals surface area contributed by atoms with Crippen LogP contribution < -0.4 is 0 Å². The third kappa shape index (κ3) is 3.97. The Morgan fingerprint density at radius 2 is 1.85 bits per heavy atom. The van der Waals surface area contributed by atoms with Gasteiger partial charge >= 0.3 is 6.18 Å². The number of imidazole rings is 1. The van der Waals surface area contributed by atoms with Crippen LogP contribution >= 0.6 is 0 Å². The van der Waals surface area contributed by atoms with Gasteiger partial charge in [0.2, 0.25) is 11.7 Å². The average molecular weight is 375 g/mol. The van der Waals surface area contributed by atoms with Crippen molar-refractivity contribution in [3.05, 3.63) is 65.0 Å². The third-order valence-electron chi connectivity index (χ3n) is 4.53. The van der Waals surface area contributed by atoms with Crippen molar-refractivity contribution in [3.63, 3.8) is 0 Å². The zero-order valence-electron chi connectivity index (χ0n) is 15.3. The van der Waals surface area contributed by atoms with Gasteiger partial charge in [-0.25, -0.2) is 4.98 Å². The van der Waals surface area contributed by atoms with Crippen molar-refractivity contribution >= 4 is 16.9 Å². The summed E-state index contributed by atoms with van der Waals surface area (Å²) in [6.07, 6.45) is -4.63. The lowest BCUT2D eigenvalue weighted by Gasteiger charge is -2.20. The summed E-state index contributed by atoms with van der Waals surface area (Å²) in [5, 5.41) is 0. The minimum Gasteiger partial charge on any atom is -0.340 e. The first-order valence-corrected chi connectivity index (χ1v) is 8.49. The molecule has 0 spiro atoms. The number of hydrogen-bond acceptors (Lipinski definition) is 2. The number of fused-ring (bicyclic) bond motifs is 1. The monoisotopic (exact) mass is 375 g/mol. The second kappa shape index (κ2) is 7.06. The van der Waals surface area contributed by atoms with Crippen molar-refractivity contribution in [3.8, 4) is 0 Å². The molecule has 1 heterocycles. The summed E-state index contributed by atoms with van der Waals surface area (Å²) in [4.78, 5) is 17.7. The van der Waals surface area contributed by atoms with Crippen LogP contribution in [0.2, 0.25) is 0 Å². The molecule has 3 rings (SSSR count). The molecule has 2 aromatic carbocycles. The van der Waals surface area contributed by atoms with Gasteiger partial charge < -0.3 is 9.47 Å². The van der Waals surface area contributed by atoms with Gasteiger partial charge in [-0.15, -0.1) is 0 Å². The van der Waals surface area contributed by atoms with Crippen molar-refractivity contribution in [1.29, 1.82) is 0 Å². The maximum absolute atomic E-state index is 13.4. The van der Waals surface area contributed by atoms with Gasteiger partial charge in [0.1, 0.15) is 6.54 Å². The molecule has 0 radical (unpaired) electrons. The van der Waals surface area contributed by atoms with Crippen molar-refractivity contribution < 1.29 is 18.0 Å². The van der Waals surface area contributed by atoms with Gasteiger partial charge in [-0.3, -0.25) is 4.79 Å². The van der Waals surface area contributed by atoms with Crippen LogP contribution in [0.1, 0.15) is 22.5 Å². The topological polar surface area (TPSA) is 38.1 Å². The fourth-order valence-corrected chi connectivity index (χ4v) is 3.07. The fourth-order valence-electron chi connectivity index (χ4n) is 3.07. The normalized spacial score (nSPS) is 11.8. The largest absolute Gasteiger partial charge is 0.449 e. The number of halogens is 3. The van der Waals surface area contributed by atoms with Gasteiger partial charge in [0.05, 0.1) is 11.0 Å². The minimum atomic E-state index is -4.63. The molecular formula is C20H20F3N3O. The number of nitrogens with zero attached hydrogens (tertiary/aromatic N) is 3. The van der Waals surface area contributed by atoms with Crippen LogP contribution in [0.5, 0.6) is 0 Å². The van der Waals surface area contributed by atoms with Crippen LogP contribution in [0, 0.1) is 13.8 Å². The van der Waals surface area contributed by atoms with Gasteiger partial charge in [0.15, 0.2) is 0 Å². The van der Waals surface area contributed by atoms with E-state index in [0.29, 0.717) is 6.54 Å². The number of carbonyl (C=O) groups excluding carboxylic acids is 1. The molecule has 0 aliphatic heterocycles. The van der Waals surface area contributed by atoms with E-state index in [4.69, 9.17) is 0 Å². The van der Waals surface area contributed by atoms with E-state index >= 15 is 0 Å². The Bertz CT molecular complexity index is 992. The van der Waals surface area contributed by atoms with Crippen molar-refractivity contribution in [2.75, 3.05) is 7.05 Å². The number of aromatic nitrogens is 2. The third-order valence-corrected chi connectivity index (χ3v) is 4.53. The molecule has 0 atom stereocenters. The van der Waals surface area contributed by atoms with Crippen molar-refractivity contribution in [2.24, 2.45) is 0 Å². The molecule has 27 heavy (non-hydrogen) atoms. The lowest BCUT2D eigenvalue weighted by molar-refractivity contribution is -0.148. The number of carbonyl (C=O) groups is 1. The summed E-state index contributed by atoms with van der Waals surface area (Å²) >= 11 is 0. The quantitative estimate of drug-likeness (QED) is 0.681. The Balaban J connectivity index is 1.87. The first kappa shape index (κ1) is 18.9. The van der Waals surface area contributed by atoms with Crippen LogP contribution in [0.3, 0.4) is 0 Å². The smallest absolute Gasteiger partial charge is 0.340 e. The van der Waals surface area contributed by atoms with E-state index in [-0.39, 0.29) is 11.0 Å². The predicted molar refractivity (Wildman–Crippen MR) is 97.1 cm³/mol. The number of amides is 1. The predicted octanol–water partition coefficient (Wildman–Crippen LogP) is 4.33. The Morgan fingerprint density at radius 1 is 1.15 bits per heavy atom. The second-order valence-electron chi connectivity index (χ2n) is 6.69. The maximum Gasteiger partial charge on any atom is 0.449 e. The van der Waals surface area contributed by atoms with E-state index < -0.39 is 24.5 Å². The number of alkyl halides is 3. The summed E-state index contributed by atoms with van der Waals surface area (Å²) in [6, 6.07) is 12.2. The van der Waals surface area contributed by atoms with E-state index in [1.807, 2.05) is 32.0 Å². The number of aryl methyl sites for hydroxylation is 2. The van der Waals surface area contributed by atoms with Crippen LogP contribution in [0.4, 0.5) is 13.2 Å². The van der Waals surface area contributed by atoms with Gasteiger partial charge in [-0.1, -0.05) is 35.9 Å². The molecule has 0 bridgehead atoms. The molecule has 1 amide bonds. The van der Waals surface area contributed by atoms with Gasteiger partial charge in [0, 0.05) is 13.6 Å². The number of rotatable bonds is 4. The molecular weight excluding hydrogens is 355 g/mol. The summed E-state index contributed by atoms with van der Waals surface area (Å²) in [5.74, 6) is -1.47. The van der Waals surface area contributed by atoms with Crippen molar-refractivity contribution in [2.45, 2.75) is 33.1 Å². The first-order valence-electron chi connectivity index (χ1n) is 8.49. The number of benzene rings is 2. The van der Waals surface area contributed by atoms with Gasteiger partial charge in [0.25, 0.3) is 0 Å². The molecule has 0 aliphatic carbocycles. The Kier molecular flexibility index (Phi) is 4.95. The number of hydrogen-bond donors (Lipinski definition) is 0. The number of likely N-dealkylation sites (N-methyl/N-ethyl adjacent to an activating group) is 1. The molecule has 3 aromatic rings. The zero-order valence-corrected chi connectivity index (χ0v) is 15.3. The van der Waals surface area contributed by atoms with Crippen LogP contribution in [0.15, 0.2) is 42.5 Å². The maximum atomic E-state index is 13.4. The Hall–Kier alpha value is -2.83. The molecule has 0 N–H and O–H groups in total. The zero-order chi connectivity index (χ0) is 19.8. The molecule has 0 unspecified atom stereocenters. The Morgan fingerprint density at radius 3 is 2.52 bits per heavy atom. The molecule has 1 aromatic heterocycles. The highest BCUT2D eigenvalue weighted by molar-refractivity contribution is 5.81. The van der Waals surface area contributed by atoms with E-state index in [0.717, 1.165) is 21.3 Å². The number of para-hydroxylation sites is 2. The van der Waals surface area contributed by atoms with E-state index in [1.165, 1.54) is 17.0 Å². The highest BCUT2D eigenvalue weighted by Gasteiger charge is 2.38. The van der Waals surface area contributed by atoms with E-state index in [2.05, 4.69) is 4.98 Å². The van der Waals surface area contributed by atoms with Gasteiger partial charge in [-0.05, 0) is 37.1 Å². The summed E-state index contributed by atoms with van der Waals surface area (Å²) < 4.78 is 41.0. The van der Waals surface area contributed by atoms with Crippen molar-refractivity contribution in [1.82, 2.24) is 14.5 Å². The summed E-state index contributed by atoms with van der Waals surface area (Å²) in [5.41, 5.74) is 3.62. The standard InChI is InChI=1S/C20H20F3N3O/c1-13-8-9-15(14(2)10-13)11-25(3)18(27)12-26-17-7-5-4-6-16(17)24-19(26)20(21,22)23/h4-10H,11-12H2,1-3H3. The molecule has 4 nitrogen and oxygen atoms in total. The molecule has 0 fully saturated rings. The molecule has 0 aliphatic rings. The molecule has 142 valence electrons. The van der Waals surface area contributed by atoms with E-state index in [9.17, 15) is 18.0 Å². The summed E-state index contributed by atoms with van der Waals surface area (Å²) in [6.45, 7) is 3.84. The molecule has 7 heteroatoms. The highest BCUT2D eigenvalue weighted by atomic mass is 19.4. The average Bonchev–Trinajstić information content (AvgIpc) is 2.96. The SMILES string of the molecule is Cc1ccc(CN(C)C(=O)Cn2c(C(F)(F)F)nc3ccccc32)c(C)c1. The lowest BCUT2D eigenvalue weighted by Crippen LogP contribution is -2.31. The minimum absolute atomic E-state index is 0.217.